The zero-order chi connectivity index (χ0) is 18.6. The first-order valence-corrected chi connectivity index (χ1v) is 9.65. The van der Waals surface area contributed by atoms with Crippen molar-refractivity contribution < 1.29 is 13.2 Å². The molecule has 0 fully saturated rings. The van der Waals surface area contributed by atoms with E-state index in [-0.39, 0.29) is 16.7 Å². The van der Waals surface area contributed by atoms with Crippen LogP contribution in [-0.4, -0.2) is 20.9 Å². The molecule has 0 aliphatic carbocycles. The minimum absolute atomic E-state index is 0.0847. The van der Waals surface area contributed by atoms with Crippen molar-refractivity contribution in [2.75, 3.05) is 11.9 Å². The van der Waals surface area contributed by atoms with Crippen LogP contribution in [0.4, 0.5) is 5.69 Å². The van der Waals surface area contributed by atoms with Crippen molar-refractivity contribution >= 4 is 21.6 Å². The molecule has 0 heterocycles. The van der Waals surface area contributed by atoms with E-state index >= 15 is 0 Å². The summed E-state index contributed by atoms with van der Waals surface area (Å²) in [7, 11) is -3.63. The van der Waals surface area contributed by atoms with Gasteiger partial charge in [-0.15, -0.1) is 0 Å². The van der Waals surface area contributed by atoms with Crippen LogP contribution in [0.2, 0.25) is 0 Å². The van der Waals surface area contributed by atoms with Crippen molar-refractivity contribution in [2.24, 2.45) is 5.92 Å². The highest BCUT2D eigenvalue weighted by molar-refractivity contribution is 7.89. The summed E-state index contributed by atoms with van der Waals surface area (Å²) in [5.74, 6) is -0.140. The number of hydrogen-bond acceptors (Lipinski definition) is 3. The molecule has 0 radical (unpaired) electrons. The summed E-state index contributed by atoms with van der Waals surface area (Å²) in [5, 5.41) is 2.83. The number of carbonyl (C=O) groups is 1. The highest BCUT2D eigenvalue weighted by Crippen LogP contribution is 2.18. The number of carbonyl (C=O) groups excluding carboxylic acids is 1. The average molecular weight is 360 g/mol. The van der Waals surface area contributed by atoms with E-state index in [1.165, 1.54) is 12.1 Å². The van der Waals surface area contributed by atoms with Gasteiger partial charge < -0.3 is 5.32 Å². The van der Waals surface area contributed by atoms with Crippen molar-refractivity contribution in [1.82, 2.24) is 4.72 Å². The second-order valence-electron chi connectivity index (χ2n) is 6.55. The first kappa shape index (κ1) is 19.1. The van der Waals surface area contributed by atoms with Gasteiger partial charge in [-0.2, -0.15) is 0 Å². The molecule has 0 saturated heterocycles. The minimum Gasteiger partial charge on any atom is -0.322 e. The van der Waals surface area contributed by atoms with E-state index in [2.05, 4.69) is 10.0 Å². The summed E-state index contributed by atoms with van der Waals surface area (Å²) < 4.78 is 27.2. The Labute approximate surface area is 149 Å². The van der Waals surface area contributed by atoms with Crippen molar-refractivity contribution in [3.63, 3.8) is 0 Å². The van der Waals surface area contributed by atoms with Crippen molar-refractivity contribution in [3.8, 4) is 0 Å². The van der Waals surface area contributed by atoms with E-state index in [0.29, 0.717) is 17.8 Å². The molecule has 5 nitrogen and oxygen atoms in total. The standard InChI is InChI=1S/C19H24N2O3S/c1-13(2)12-20-25(23,24)17-7-5-6-16(11-17)19(22)21-18-9-8-14(3)10-15(18)4/h5-11,13,20H,12H2,1-4H3,(H,21,22). The van der Waals surface area contributed by atoms with Crippen LogP contribution in [0.15, 0.2) is 47.4 Å². The van der Waals surface area contributed by atoms with E-state index in [4.69, 9.17) is 0 Å². The molecule has 0 saturated carbocycles. The van der Waals surface area contributed by atoms with Crippen LogP contribution in [-0.2, 0) is 10.0 Å². The van der Waals surface area contributed by atoms with Gasteiger partial charge in [-0.3, -0.25) is 4.79 Å². The van der Waals surface area contributed by atoms with E-state index in [9.17, 15) is 13.2 Å². The number of aryl methyl sites for hydroxylation is 2. The Bertz CT molecular complexity index is 874. The molecule has 25 heavy (non-hydrogen) atoms. The summed E-state index contributed by atoms with van der Waals surface area (Å²) in [6.07, 6.45) is 0. The molecule has 0 aliphatic rings. The zero-order valence-corrected chi connectivity index (χ0v) is 15.8. The van der Waals surface area contributed by atoms with Gasteiger partial charge in [0, 0.05) is 17.8 Å². The van der Waals surface area contributed by atoms with Gasteiger partial charge in [0.15, 0.2) is 0 Å². The van der Waals surface area contributed by atoms with Crippen LogP contribution in [0, 0.1) is 19.8 Å². The fourth-order valence-corrected chi connectivity index (χ4v) is 3.57. The van der Waals surface area contributed by atoms with E-state index in [1.54, 1.807) is 12.1 Å². The molecule has 2 aromatic carbocycles. The summed E-state index contributed by atoms with van der Waals surface area (Å²) in [6.45, 7) is 8.10. The largest absolute Gasteiger partial charge is 0.322 e. The Hall–Kier alpha value is -2.18. The van der Waals surface area contributed by atoms with Crippen molar-refractivity contribution in [3.05, 3.63) is 59.2 Å². The number of hydrogen-bond donors (Lipinski definition) is 2. The second kappa shape index (κ2) is 7.80. The Morgan fingerprint density at radius 2 is 1.80 bits per heavy atom. The smallest absolute Gasteiger partial charge is 0.255 e. The molecular formula is C19H24N2O3S. The summed E-state index contributed by atoms with van der Waals surface area (Å²) in [4.78, 5) is 12.6. The predicted octanol–water partition coefficient (Wildman–Crippen LogP) is 3.49. The lowest BCUT2D eigenvalue weighted by atomic mass is 10.1. The van der Waals surface area contributed by atoms with Gasteiger partial charge in [-0.05, 0) is 49.6 Å². The number of rotatable bonds is 6. The minimum atomic E-state index is -3.63. The maximum absolute atomic E-state index is 12.5. The van der Waals surface area contributed by atoms with Crippen LogP contribution in [0.5, 0.6) is 0 Å². The van der Waals surface area contributed by atoms with Crippen LogP contribution >= 0.6 is 0 Å². The number of sulfonamides is 1. The molecule has 0 unspecified atom stereocenters. The normalized spacial score (nSPS) is 11.6. The molecule has 0 spiro atoms. The Morgan fingerprint density at radius 3 is 2.44 bits per heavy atom. The molecule has 2 rings (SSSR count). The lowest BCUT2D eigenvalue weighted by Crippen LogP contribution is -2.27. The maximum Gasteiger partial charge on any atom is 0.255 e. The third-order valence-corrected chi connectivity index (χ3v) is 5.14. The van der Waals surface area contributed by atoms with Crippen molar-refractivity contribution in [1.29, 1.82) is 0 Å². The van der Waals surface area contributed by atoms with Gasteiger partial charge >= 0.3 is 0 Å². The molecule has 2 aromatic rings. The Morgan fingerprint density at radius 1 is 1.08 bits per heavy atom. The third-order valence-electron chi connectivity index (χ3n) is 3.72. The maximum atomic E-state index is 12.5. The number of anilines is 1. The quantitative estimate of drug-likeness (QED) is 0.828. The van der Waals surface area contributed by atoms with E-state index < -0.39 is 10.0 Å². The fourth-order valence-electron chi connectivity index (χ4n) is 2.31. The monoisotopic (exact) mass is 360 g/mol. The van der Waals surface area contributed by atoms with Gasteiger partial charge in [0.2, 0.25) is 10.0 Å². The molecule has 2 N–H and O–H groups in total. The van der Waals surface area contributed by atoms with Gasteiger partial charge in [-0.25, -0.2) is 13.1 Å². The summed E-state index contributed by atoms with van der Waals surface area (Å²) in [5.41, 5.74) is 3.07. The molecular weight excluding hydrogens is 336 g/mol. The predicted molar refractivity (Wildman–Crippen MR) is 100 cm³/mol. The second-order valence-corrected chi connectivity index (χ2v) is 8.31. The topological polar surface area (TPSA) is 75.3 Å². The van der Waals surface area contributed by atoms with Crippen LogP contribution in [0.3, 0.4) is 0 Å². The summed E-state index contributed by atoms with van der Waals surface area (Å²) in [6, 6.07) is 11.8. The van der Waals surface area contributed by atoms with Crippen LogP contribution in [0.1, 0.15) is 35.3 Å². The Kier molecular flexibility index (Phi) is 5.98. The SMILES string of the molecule is Cc1ccc(NC(=O)c2cccc(S(=O)(=O)NCC(C)C)c2)c(C)c1. The number of nitrogens with one attached hydrogen (secondary N) is 2. The third kappa shape index (κ3) is 5.14. The van der Waals surface area contributed by atoms with Gasteiger partial charge in [0.1, 0.15) is 0 Å². The highest BCUT2D eigenvalue weighted by atomic mass is 32.2. The van der Waals surface area contributed by atoms with Crippen LogP contribution in [0.25, 0.3) is 0 Å². The number of benzene rings is 2. The molecule has 6 heteroatoms. The van der Waals surface area contributed by atoms with Gasteiger partial charge in [-0.1, -0.05) is 37.6 Å². The van der Waals surface area contributed by atoms with E-state index in [0.717, 1.165) is 11.1 Å². The van der Waals surface area contributed by atoms with Gasteiger partial charge in [0.25, 0.3) is 5.91 Å². The molecule has 0 aromatic heterocycles. The first-order chi connectivity index (χ1) is 11.7. The highest BCUT2D eigenvalue weighted by Gasteiger charge is 2.16. The zero-order valence-electron chi connectivity index (χ0n) is 15.0. The lowest BCUT2D eigenvalue weighted by Gasteiger charge is -2.11. The van der Waals surface area contributed by atoms with Gasteiger partial charge in [0.05, 0.1) is 4.90 Å². The number of amides is 1. The average Bonchev–Trinajstić information content (AvgIpc) is 2.56. The molecule has 0 atom stereocenters. The van der Waals surface area contributed by atoms with Crippen molar-refractivity contribution in [2.45, 2.75) is 32.6 Å². The molecule has 0 bridgehead atoms. The lowest BCUT2D eigenvalue weighted by molar-refractivity contribution is 0.102. The molecule has 134 valence electrons. The fraction of sp³-hybridized carbons (Fsp3) is 0.316. The molecule has 1 amide bonds. The molecule has 0 aliphatic heterocycles. The Balaban J connectivity index is 2.21. The first-order valence-electron chi connectivity index (χ1n) is 8.17. The van der Waals surface area contributed by atoms with Crippen LogP contribution < -0.4 is 10.0 Å². The summed E-state index contributed by atoms with van der Waals surface area (Å²) >= 11 is 0. The van der Waals surface area contributed by atoms with E-state index in [1.807, 2.05) is 45.9 Å².